The summed E-state index contributed by atoms with van der Waals surface area (Å²) in [6.07, 6.45) is 1.76. The van der Waals surface area contributed by atoms with Crippen LogP contribution in [0.4, 0.5) is 17.2 Å². The Morgan fingerprint density at radius 1 is 1.38 bits per heavy atom. The van der Waals surface area contributed by atoms with Gasteiger partial charge in [0, 0.05) is 6.20 Å². The first kappa shape index (κ1) is 10.1. The smallest absolute Gasteiger partial charge is 0.335 e. The van der Waals surface area contributed by atoms with E-state index < -0.39 is 5.97 Å². The van der Waals surface area contributed by atoms with Crippen LogP contribution >= 0.6 is 0 Å². The molecule has 0 bridgehead atoms. The maximum atomic E-state index is 10.8. The van der Waals surface area contributed by atoms with Gasteiger partial charge in [-0.25, -0.2) is 4.79 Å². The second-order valence-electron chi connectivity index (χ2n) is 3.32. The van der Waals surface area contributed by atoms with E-state index in [0.717, 1.165) is 5.82 Å². The number of nitrogens with one attached hydrogen (secondary N) is 2. The number of carboxylic acid groups (broad SMARTS) is 1. The number of aromatic carboxylic acids is 1. The van der Waals surface area contributed by atoms with Crippen LogP contribution in [-0.4, -0.2) is 16.1 Å². The monoisotopic (exact) mass is 217 g/mol. The summed E-state index contributed by atoms with van der Waals surface area (Å²) in [6.45, 7) is 0. The maximum absolute atomic E-state index is 10.8. The molecule has 1 heterocycles. The lowest BCUT2D eigenvalue weighted by atomic mass is 10.1. The van der Waals surface area contributed by atoms with E-state index in [0.29, 0.717) is 11.4 Å². The normalized spacial score (nSPS) is 10.0. The highest BCUT2D eigenvalue weighted by Crippen LogP contribution is 2.23. The molecular weight excluding hydrogens is 206 g/mol. The number of hydrogen-bond donors (Lipinski definition) is 4. The standard InChI is InChI=1S/C11H11N3O2/c12-8-4-3-7(11(15)16)6-9(8)14-10-2-1-5-13-10/h1-6,13-14H,12H2,(H,15,16). The summed E-state index contributed by atoms with van der Waals surface area (Å²) < 4.78 is 0. The molecule has 0 aliphatic heterocycles. The average molecular weight is 217 g/mol. The Morgan fingerprint density at radius 3 is 2.81 bits per heavy atom. The van der Waals surface area contributed by atoms with Gasteiger partial charge in [0.25, 0.3) is 0 Å². The molecule has 0 aliphatic carbocycles. The first-order chi connectivity index (χ1) is 7.66. The molecule has 0 radical (unpaired) electrons. The summed E-state index contributed by atoms with van der Waals surface area (Å²) in [6, 6.07) is 8.19. The zero-order chi connectivity index (χ0) is 11.5. The van der Waals surface area contributed by atoms with Gasteiger partial charge < -0.3 is 21.1 Å². The van der Waals surface area contributed by atoms with E-state index in [4.69, 9.17) is 10.8 Å². The Kier molecular flexibility index (Phi) is 2.51. The zero-order valence-corrected chi connectivity index (χ0v) is 8.40. The molecule has 0 amide bonds. The first-order valence-corrected chi connectivity index (χ1v) is 4.70. The Hall–Kier alpha value is -2.43. The highest BCUT2D eigenvalue weighted by molar-refractivity contribution is 5.91. The molecule has 0 saturated heterocycles. The molecular formula is C11H11N3O2. The number of carboxylic acids is 1. The van der Waals surface area contributed by atoms with Crippen LogP contribution in [0.1, 0.15) is 10.4 Å². The van der Waals surface area contributed by atoms with E-state index in [-0.39, 0.29) is 5.56 Å². The highest BCUT2D eigenvalue weighted by atomic mass is 16.4. The van der Waals surface area contributed by atoms with Gasteiger partial charge in [0.1, 0.15) is 5.82 Å². The molecule has 16 heavy (non-hydrogen) atoms. The van der Waals surface area contributed by atoms with Gasteiger partial charge in [-0.3, -0.25) is 0 Å². The van der Waals surface area contributed by atoms with Crippen LogP contribution in [0, 0.1) is 0 Å². The van der Waals surface area contributed by atoms with Crippen molar-refractivity contribution in [1.29, 1.82) is 0 Å². The fourth-order valence-electron chi connectivity index (χ4n) is 1.35. The number of rotatable bonds is 3. The van der Waals surface area contributed by atoms with E-state index in [1.54, 1.807) is 12.3 Å². The number of nitrogen functional groups attached to an aromatic ring is 1. The van der Waals surface area contributed by atoms with Crippen molar-refractivity contribution in [3.8, 4) is 0 Å². The molecule has 5 heteroatoms. The maximum Gasteiger partial charge on any atom is 0.335 e. The number of carbonyl (C=O) groups is 1. The summed E-state index contributed by atoms with van der Waals surface area (Å²) in [5.74, 6) is -0.219. The van der Waals surface area contributed by atoms with Crippen LogP contribution in [0.3, 0.4) is 0 Å². The minimum atomic E-state index is -0.977. The number of anilines is 3. The number of aromatic nitrogens is 1. The molecule has 0 saturated carbocycles. The van der Waals surface area contributed by atoms with Crippen LogP contribution in [0.5, 0.6) is 0 Å². The lowest BCUT2D eigenvalue weighted by Crippen LogP contribution is -2.01. The zero-order valence-electron chi connectivity index (χ0n) is 8.40. The van der Waals surface area contributed by atoms with Crippen LogP contribution < -0.4 is 11.1 Å². The van der Waals surface area contributed by atoms with Crippen LogP contribution in [-0.2, 0) is 0 Å². The Balaban J connectivity index is 2.32. The topological polar surface area (TPSA) is 91.1 Å². The molecule has 0 aliphatic rings. The van der Waals surface area contributed by atoms with Gasteiger partial charge in [-0.15, -0.1) is 0 Å². The summed E-state index contributed by atoms with van der Waals surface area (Å²) >= 11 is 0. The van der Waals surface area contributed by atoms with Crippen molar-refractivity contribution < 1.29 is 9.90 Å². The van der Waals surface area contributed by atoms with E-state index in [1.807, 2.05) is 12.1 Å². The average Bonchev–Trinajstić information content (AvgIpc) is 2.73. The van der Waals surface area contributed by atoms with Crippen molar-refractivity contribution in [3.05, 3.63) is 42.1 Å². The Morgan fingerprint density at radius 2 is 2.19 bits per heavy atom. The molecule has 5 nitrogen and oxygen atoms in total. The van der Waals surface area contributed by atoms with Crippen LogP contribution in [0.15, 0.2) is 36.5 Å². The molecule has 0 atom stereocenters. The van der Waals surface area contributed by atoms with Gasteiger partial charge in [-0.05, 0) is 30.3 Å². The van der Waals surface area contributed by atoms with E-state index in [2.05, 4.69) is 10.3 Å². The summed E-state index contributed by atoms with van der Waals surface area (Å²) in [5, 5.41) is 11.9. The number of aromatic amines is 1. The van der Waals surface area contributed by atoms with Crippen LogP contribution in [0.2, 0.25) is 0 Å². The second kappa shape index (κ2) is 3.98. The lowest BCUT2D eigenvalue weighted by molar-refractivity contribution is 0.0697. The molecule has 0 fully saturated rings. The third-order valence-corrected chi connectivity index (χ3v) is 2.17. The van der Waals surface area contributed by atoms with Gasteiger partial charge in [-0.1, -0.05) is 0 Å². The van der Waals surface area contributed by atoms with Crippen molar-refractivity contribution in [3.63, 3.8) is 0 Å². The highest BCUT2D eigenvalue weighted by Gasteiger charge is 2.06. The minimum Gasteiger partial charge on any atom is -0.478 e. The molecule has 1 aromatic carbocycles. The Labute approximate surface area is 91.9 Å². The fraction of sp³-hybridized carbons (Fsp3) is 0. The quantitative estimate of drug-likeness (QED) is 0.592. The second-order valence-corrected chi connectivity index (χ2v) is 3.32. The number of hydrogen-bond acceptors (Lipinski definition) is 3. The van der Waals surface area contributed by atoms with Gasteiger partial charge in [0.15, 0.2) is 0 Å². The summed E-state index contributed by atoms with van der Waals surface area (Å²) in [5.41, 5.74) is 7.01. The molecule has 5 N–H and O–H groups in total. The van der Waals surface area contributed by atoms with Gasteiger partial charge >= 0.3 is 5.97 Å². The van der Waals surface area contributed by atoms with Crippen molar-refractivity contribution >= 4 is 23.2 Å². The number of benzene rings is 1. The molecule has 2 aromatic rings. The van der Waals surface area contributed by atoms with Crippen molar-refractivity contribution in [2.75, 3.05) is 11.1 Å². The summed E-state index contributed by atoms with van der Waals surface area (Å²) in [7, 11) is 0. The van der Waals surface area contributed by atoms with Gasteiger partial charge in [0.05, 0.1) is 16.9 Å². The van der Waals surface area contributed by atoms with E-state index in [9.17, 15) is 4.79 Å². The van der Waals surface area contributed by atoms with Crippen molar-refractivity contribution in [2.45, 2.75) is 0 Å². The predicted octanol–water partition coefficient (Wildman–Crippen LogP) is 2.04. The molecule has 2 rings (SSSR count). The van der Waals surface area contributed by atoms with E-state index >= 15 is 0 Å². The van der Waals surface area contributed by atoms with E-state index in [1.165, 1.54) is 12.1 Å². The molecule has 0 spiro atoms. The number of H-pyrrole nitrogens is 1. The van der Waals surface area contributed by atoms with Gasteiger partial charge in [-0.2, -0.15) is 0 Å². The Bertz CT molecular complexity index is 506. The van der Waals surface area contributed by atoms with Crippen molar-refractivity contribution in [1.82, 2.24) is 4.98 Å². The van der Waals surface area contributed by atoms with Crippen molar-refractivity contribution in [2.24, 2.45) is 0 Å². The SMILES string of the molecule is Nc1ccc(C(=O)O)cc1Nc1ccc[nH]1. The van der Waals surface area contributed by atoms with Gasteiger partial charge in [0.2, 0.25) is 0 Å². The minimum absolute atomic E-state index is 0.197. The number of nitrogens with two attached hydrogens (primary N) is 1. The first-order valence-electron chi connectivity index (χ1n) is 4.70. The largest absolute Gasteiger partial charge is 0.478 e. The molecule has 1 aromatic heterocycles. The fourth-order valence-corrected chi connectivity index (χ4v) is 1.35. The third kappa shape index (κ3) is 1.98. The third-order valence-electron chi connectivity index (χ3n) is 2.17. The lowest BCUT2D eigenvalue weighted by Gasteiger charge is -2.08. The molecule has 0 unspecified atom stereocenters. The van der Waals surface area contributed by atoms with Crippen LogP contribution in [0.25, 0.3) is 0 Å². The predicted molar refractivity (Wildman–Crippen MR) is 61.9 cm³/mol. The molecule has 82 valence electrons. The summed E-state index contributed by atoms with van der Waals surface area (Å²) in [4.78, 5) is 13.7.